The van der Waals surface area contributed by atoms with E-state index in [1.807, 2.05) is 39.4 Å². The molecule has 2 aromatic rings. The molecule has 7 heteroatoms. The van der Waals surface area contributed by atoms with Gasteiger partial charge in [-0.1, -0.05) is 30.9 Å². The van der Waals surface area contributed by atoms with E-state index in [2.05, 4.69) is 4.90 Å². The molecule has 0 radical (unpaired) electrons. The van der Waals surface area contributed by atoms with Gasteiger partial charge in [-0.3, -0.25) is 9.69 Å². The third-order valence-electron chi connectivity index (χ3n) is 5.50. The fourth-order valence-corrected chi connectivity index (χ4v) is 5.10. The molecule has 4 heterocycles. The summed E-state index contributed by atoms with van der Waals surface area (Å²) in [7, 11) is 0. The second kappa shape index (κ2) is 8.84. The number of hydrogen-bond donors (Lipinski definition) is 0. The molecule has 2 aliphatic heterocycles. The number of amides is 1. The Morgan fingerprint density at radius 1 is 1.04 bits per heavy atom. The first-order chi connectivity index (χ1) is 13.2. The number of likely N-dealkylation sites (tertiary alicyclic amines) is 1. The van der Waals surface area contributed by atoms with Crippen molar-refractivity contribution in [2.75, 3.05) is 37.7 Å². The van der Waals surface area contributed by atoms with E-state index in [1.165, 1.54) is 19.3 Å². The van der Waals surface area contributed by atoms with Crippen molar-refractivity contribution in [1.82, 2.24) is 19.2 Å². The van der Waals surface area contributed by atoms with Crippen molar-refractivity contribution in [2.24, 2.45) is 0 Å². The van der Waals surface area contributed by atoms with Gasteiger partial charge in [0.05, 0.1) is 10.7 Å². The zero-order chi connectivity index (χ0) is 18.6. The summed E-state index contributed by atoms with van der Waals surface area (Å²) in [5.74, 6) is 2.37. The van der Waals surface area contributed by atoms with Crippen molar-refractivity contribution in [1.29, 1.82) is 0 Å². The maximum Gasteiger partial charge on any atom is 0.274 e. The molecule has 0 spiro atoms. The van der Waals surface area contributed by atoms with E-state index in [0.29, 0.717) is 10.7 Å². The Kier molecular flexibility index (Phi) is 6.25. The minimum absolute atomic E-state index is 0.0816. The van der Waals surface area contributed by atoms with Crippen molar-refractivity contribution in [3.05, 3.63) is 34.7 Å². The quantitative estimate of drug-likeness (QED) is 0.774. The molecule has 1 amide bonds. The van der Waals surface area contributed by atoms with Gasteiger partial charge in [-0.05, 0) is 25.0 Å². The summed E-state index contributed by atoms with van der Waals surface area (Å²) in [5, 5.41) is 0.667. The number of carbonyl (C=O) groups excluding carboxylic acids is 1. The molecule has 0 saturated carbocycles. The Balaban J connectivity index is 1.67. The lowest BCUT2D eigenvalue weighted by atomic mass is 10.1. The summed E-state index contributed by atoms with van der Waals surface area (Å²) in [6, 6.07) is 3.75. The second-order valence-corrected chi connectivity index (χ2v) is 9.09. The highest BCUT2D eigenvalue weighted by atomic mass is 35.5. The van der Waals surface area contributed by atoms with Crippen molar-refractivity contribution < 1.29 is 4.79 Å². The van der Waals surface area contributed by atoms with Crippen LogP contribution in [-0.2, 0) is 6.54 Å². The summed E-state index contributed by atoms with van der Waals surface area (Å²) < 4.78 is 2.02. The predicted octanol–water partition coefficient (Wildman–Crippen LogP) is 3.94. The van der Waals surface area contributed by atoms with Crippen LogP contribution in [0.3, 0.4) is 0 Å². The first-order valence-corrected chi connectivity index (χ1v) is 11.5. The highest BCUT2D eigenvalue weighted by Gasteiger charge is 2.26. The normalized spacial score (nSPS) is 19.8. The molecule has 0 bridgehead atoms. The fraction of sp³-hybridized carbons (Fsp3) is 0.600. The van der Waals surface area contributed by atoms with E-state index in [-0.39, 0.29) is 5.91 Å². The lowest BCUT2D eigenvalue weighted by Crippen LogP contribution is -2.36. The smallest absolute Gasteiger partial charge is 0.274 e. The van der Waals surface area contributed by atoms with Crippen LogP contribution in [0.15, 0.2) is 18.3 Å². The van der Waals surface area contributed by atoms with Crippen molar-refractivity contribution in [2.45, 2.75) is 38.6 Å². The van der Waals surface area contributed by atoms with Gasteiger partial charge in [0.2, 0.25) is 0 Å². The number of carbonyl (C=O) groups is 1. The number of thioether (sulfide) groups is 1. The van der Waals surface area contributed by atoms with E-state index in [9.17, 15) is 4.79 Å². The maximum atomic E-state index is 13.4. The molecule has 4 rings (SSSR count). The number of aromatic nitrogens is 2. The standard InChI is InChI=1S/C20H27ClN4OS/c21-16-6-7-18-22-19(20(26)24-8-4-2-1-3-5-9-24)17(25(18)14-16)15-23-10-12-27-13-11-23/h6-7,14H,1-5,8-13,15H2. The lowest BCUT2D eigenvalue weighted by Gasteiger charge is -2.27. The van der Waals surface area contributed by atoms with Gasteiger partial charge < -0.3 is 9.30 Å². The highest BCUT2D eigenvalue weighted by molar-refractivity contribution is 7.99. The van der Waals surface area contributed by atoms with Gasteiger partial charge >= 0.3 is 0 Å². The predicted molar refractivity (Wildman–Crippen MR) is 112 cm³/mol. The number of fused-ring (bicyclic) bond motifs is 1. The maximum absolute atomic E-state index is 13.4. The van der Waals surface area contributed by atoms with Gasteiger partial charge in [0.15, 0.2) is 5.69 Å². The molecule has 0 aromatic carbocycles. The van der Waals surface area contributed by atoms with Gasteiger partial charge in [-0.15, -0.1) is 0 Å². The van der Waals surface area contributed by atoms with Crippen LogP contribution < -0.4 is 0 Å². The van der Waals surface area contributed by atoms with Crippen molar-refractivity contribution in [3.63, 3.8) is 0 Å². The van der Waals surface area contributed by atoms with Crippen LogP contribution in [-0.4, -0.2) is 62.8 Å². The number of hydrogen-bond acceptors (Lipinski definition) is 4. The highest BCUT2D eigenvalue weighted by Crippen LogP contribution is 2.22. The number of nitrogens with zero attached hydrogens (tertiary/aromatic N) is 4. The number of pyridine rings is 1. The molecule has 5 nitrogen and oxygen atoms in total. The molecular formula is C20H27ClN4OS. The topological polar surface area (TPSA) is 40.9 Å². The van der Waals surface area contributed by atoms with Gasteiger partial charge in [-0.2, -0.15) is 11.8 Å². The van der Waals surface area contributed by atoms with E-state index in [4.69, 9.17) is 16.6 Å². The molecular weight excluding hydrogens is 380 g/mol. The molecule has 2 saturated heterocycles. The third kappa shape index (κ3) is 4.44. The first-order valence-electron chi connectivity index (χ1n) is 9.98. The molecule has 2 aliphatic rings. The molecule has 2 aromatic heterocycles. The second-order valence-electron chi connectivity index (χ2n) is 7.43. The number of halogens is 1. The number of imidazole rings is 1. The minimum atomic E-state index is 0.0816. The van der Waals surface area contributed by atoms with Gasteiger partial charge in [0.1, 0.15) is 5.65 Å². The van der Waals surface area contributed by atoms with E-state index < -0.39 is 0 Å². The van der Waals surface area contributed by atoms with Crippen molar-refractivity contribution >= 4 is 34.9 Å². The molecule has 2 fully saturated rings. The van der Waals surface area contributed by atoms with Crippen LogP contribution in [0, 0.1) is 0 Å². The van der Waals surface area contributed by atoms with Crippen LogP contribution in [0.2, 0.25) is 5.02 Å². The average Bonchev–Trinajstić information content (AvgIpc) is 3.00. The summed E-state index contributed by atoms with van der Waals surface area (Å²) in [6.07, 6.45) is 7.77. The van der Waals surface area contributed by atoms with Gasteiger partial charge in [0, 0.05) is 50.4 Å². The molecule has 146 valence electrons. The molecule has 0 atom stereocenters. The van der Waals surface area contributed by atoms with Gasteiger partial charge in [0.25, 0.3) is 5.91 Å². The third-order valence-corrected chi connectivity index (χ3v) is 6.67. The summed E-state index contributed by atoms with van der Waals surface area (Å²) >= 11 is 8.24. The van der Waals surface area contributed by atoms with E-state index in [0.717, 1.165) is 68.4 Å². The minimum Gasteiger partial charge on any atom is -0.337 e. The molecule has 27 heavy (non-hydrogen) atoms. The Morgan fingerprint density at radius 2 is 1.74 bits per heavy atom. The van der Waals surface area contributed by atoms with Crippen LogP contribution >= 0.6 is 23.4 Å². The Hall–Kier alpha value is -1.24. The monoisotopic (exact) mass is 406 g/mol. The Labute approximate surface area is 170 Å². The van der Waals surface area contributed by atoms with Crippen LogP contribution in [0.1, 0.15) is 48.3 Å². The van der Waals surface area contributed by atoms with E-state index >= 15 is 0 Å². The lowest BCUT2D eigenvalue weighted by molar-refractivity contribution is 0.0734. The molecule has 0 unspecified atom stereocenters. The summed E-state index contributed by atoms with van der Waals surface area (Å²) in [6.45, 7) is 4.53. The zero-order valence-electron chi connectivity index (χ0n) is 15.7. The largest absolute Gasteiger partial charge is 0.337 e. The molecule has 0 aliphatic carbocycles. The zero-order valence-corrected chi connectivity index (χ0v) is 17.3. The molecule has 0 N–H and O–H groups in total. The first kappa shape index (κ1) is 19.1. The van der Waals surface area contributed by atoms with Crippen LogP contribution in [0.5, 0.6) is 0 Å². The summed E-state index contributed by atoms with van der Waals surface area (Å²) in [5.41, 5.74) is 2.39. The Morgan fingerprint density at radius 3 is 2.48 bits per heavy atom. The van der Waals surface area contributed by atoms with Crippen LogP contribution in [0.4, 0.5) is 0 Å². The van der Waals surface area contributed by atoms with Gasteiger partial charge in [-0.25, -0.2) is 4.98 Å². The van der Waals surface area contributed by atoms with E-state index in [1.54, 1.807) is 0 Å². The summed E-state index contributed by atoms with van der Waals surface area (Å²) in [4.78, 5) is 22.5. The van der Waals surface area contributed by atoms with Crippen LogP contribution in [0.25, 0.3) is 5.65 Å². The number of rotatable bonds is 3. The van der Waals surface area contributed by atoms with Crippen molar-refractivity contribution in [3.8, 4) is 0 Å². The Bertz CT molecular complexity index is 795. The average molecular weight is 407 g/mol. The SMILES string of the molecule is O=C(c1nc2ccc(Cl)cn2c1CN1CCSCC1)N1CCCCCCC1. The fourth-order valence-electron chi connectivity index (χ4n) is 3.96.